The van der Waals surface area contributed by atoms with Gasteiger partial charge in [-0.3, -0.25) is 29.0 Å². The Hall–Kier alpha value is -4.25. The lowest BCUT2D eigenvalue weighted by atomic mass is 10.1. The van der Waals surface area contributed by atoms with Gasteiger partial charge >= 0.3 is 18.0 Å². The number of imide groups is 1. The number of urea groups is 1. The van der Waals surface area contributed by atoms with E-state index in [0.29, 0.717) is 11.3 Å². The molecule has 0 radical (unpaired) electrons. The van der Waals surface area contributed by atoms with Gasteiger partial charge in [0.05, 0.1) is 0 Å². The lowest BCUT2D eigenvalue weighted by Crippen LogP contribution is -2.71. The largest absolute Gasteiger partial charge is 0.426 e. The van der Waals surface area contributed by atoms with Gasteiger partial charge in [0, 0.05) is 37.7 Å². The monoisotopic (exact) mass is 468 g/mol. The highest BCUT2D eigenvalue weighted by atomic mass is 16.5. The molecule has 0 saturated carbocycles. The summed E-state index contributed by atoms with van der Waals surface area (Å²) < 4.78 is 10.3. The molecule has 0 spiro atoms. The summed E-state index contributed by atoms with van der Waals surface area (Å²) in [6, 6.07) is 9.11. The standard InChI is InChI=1S/C23H24N4O7/c1-12-17(33-13(2)28)10-15(11-18(12)34-14(3)29)21(30)25-19-20(24)27(16-8-6-5-7-9-16)23(32)26(4)22(19)31/h5-11,19-20H,24H2,1-4H3,(H,25,30). The third-order valence-corrected chi connectivity index (χ3v) is 5.13. The molecule has 2 unspecified atom stereocenters. The maximum Gasteiger partial charge on any atom is 0.332 e. The summed E-state index contributed by atoms with van der Waals surface area (Å²) in [5, 5.41) is 2.54. The molecule has 1 saturated heterocycles. The maximum absolute atomic E-state index is 13.1. The first-order valence-corrected chi connectivity index (χ1v) is 10.2. The molecule has 2 atom stereocenters. The lowest BCUT2D eigenvalue weighted by Gasteiger charge is -2.41. The van der Waals surface area contributed by atoms with Crippen LogP contribution in [-0.2, 0) is 14.4 Å². The Morgan fingerprint density at radius 2 is 1.50 bits per heavy atom. The van der Waals surface area contributed by atoms with E-state index in [2.05, 4.69) is 5.32 Å². The van der Waals surface area contributed by atoms with Crippen molar-refractivity contribution in [2.45, 2.75) is 33.0 Å². The van der Waals surface area contributed by atoms with E-state index in [1.165, 1.54) is 37.9 Å². The fourth-order valence-electron chi connectivity index (χ4n) is 3.44. The van der Waals surface area contributed by atoms with Gasteiger partial charge in [-0.1, -0.05) is 18.2 Å². The van der Waals surface area contributed by atoms with Crippen molar-refractivity contribution in [3.05, 3.63) is 53.6 Å². The summed E-state index contributed by atoms with van der Waals surface area (Å²) in [6.07, 6.45) is -1.20. The summed E-state index contributed by atoms with van der Waals surface area (Å²) in [7, 11) is 1.29. The third-order valence-electron chi connectivity index (χ3n) is 5.13. The molecular formula is C23H24N4O7. The number of esters is 2. The fourth-order valence-corrected chi connectivity index (χ4v) is 3.44. The van der Waals surface area contributed by atoms with E-state index in [0.717, 1.165) is 4.90 Å². The number of rotatable bonds is 5. The van der Waals surface area contributed by atoms with Crippen LogP contribution in [0.25, 0.3) is 0 Å². The highest BCUT2D eigenvalue weighted by molar-refractivity contribution is 6.10. The number of carbonyl (C=O) groups excluding carboxylic acids is 5. The van der Waals surface area contributed by atoms with Gasteiger partial charge in [-0.05, 0) is 31.2 Å². The molecule has 0 aromatic heterocycles. The SMILES string of the molecule is CC(=O)Oc1cc(C(=O)NC2C(=O)N(C)C(=O)N(c3ccccc3)C2N)cc(OC(C)=O)c1C. The van der Waals surface area contributed by atoms with Crippen molar-refractivity contribution in [2.24, 2.45) is 5.73 Å². The topological polar surface area (TPSA) is 148 Å². The zero-order valence-electron chi connectivity index (χ0n) is 19.0. The number of likely N-dealkylation sites (N-methyl/N-ethyl adjacent to an activating group) is 1. The Labute approximate surface area is 195 Å². The van der Waals surface area contributed by atoms with Crippen molar-refractivity contribution in [3.8, 4) is 11.5 Å². The van der Waals surface area contributed by atoms with Crippen LogP contribution in [0, 0.1) is 6.92 Å². The van der Waals surface area contributed by atoms with Crippen molar-refractivity contribution in [1.29, 1.82) is 0 Å². The normalized spacial score (nSPS) is 17.9. The number of nitrogens with zero attached hydrogens (tertiary/aromatic N) is 2. The van der Waals surface area contributed by atoms with Crippen LogP contribution in [0.4, 0.5) is 10.5 Å². The van der Waals surface area contributed by atoms with Crippen molar-refractivity contribution >= 4 is 35.5 Å². The van der Waals surface area contributed by atoms with Crippen LogP contribution in [0.15, 0.2) is 42.5 Å². The number of para-hydroxylation sites is 1. The molecule has 11 nitrogen and oxygen atoms in total. The van der Waals surface area contributed by atoms with Crippen molar-refractivity contribution < 1.29 is 33.4 Å². The van der Waals surface area contributed by atoms with E-state index >= 15 is 0 Å². The summed E-state index contributed by atoms with van der Waals surface area (Å²) in [5.41, 5.74) is 6.97. The number of anilines is 1. The van der Waals surface area contributed by atoms with Crippen LogP contribution in [0.2, 0.25) is 0 Å². The molecule has 1 aliphatic rings. The number of ether oxygens (including phenoxy) is 2. The molecule has 4 amide bonds. The van der Waals surface area contributed by atoms with Gasteiger partial charge in [0.25, 0.3) is 11.8 Å². The maximum atomic E-state index is 13.1. The second kappa shape index (κ2) is 9.71. The number of hydrogen-bond acceptors (Lipinski definition) is 8. The van der Waals surface area contributed by atoms with E-state index < -0.39 is 42.0 Å². The summed E-state index contributed by atoms with van der Waals surface area (Å²) >= 11 is 0. The molecule has 3 rings (SSSR count). The number of amides is 4. The van der Waals surface area contributed by atoms with Crippen LogP contribution < -0.4 is 25.4 Å². The van der Waals surface area contributed by atoms with Crippen LogP contribution >= 0.6 is 0 Å². The van der Waals surface area contributed by atoms with Crippen molar-refractivity contribution in [1.82, 2.24) is 10.2 Å². The number of carbonyl (C=O) groups is 5. The van der Waals surface area contributed by atoms with Crippen LogP contribution in [0.1, 0.15) is 29.8 Å². The number of hydrogen-bond donors (Lipinski definition) is 2. The van der Waals surface area contributed by atoms with E-state index in [-0.39, 0.29) is 17.1 Å². The van der Waals surface area contributed by atoms with Gasteiger partial charge in [0.2, 0.25) is 0 Å². The quantitative estimate of drug-likeness (QED) is 0.493. The predicted molar refractivity (Wildman–Crippen MR) is 120 cm³/mol. The Bertz CT molecular complexity index is 1130. The average Bonchev–Trinajstić information content (AvgIpc) is 2.78. The first-order valence-electron chi connectivity index (χ1n) is 10.2. The van der Waals surface area contributed by atoms with Gasteiger partial charge in [-0.2, -0.15) is 0 Å². The molecule has 2 aromatic rings. The van der Waals surface area contributed by atoms with Gasteiger partial charge < -0.3 is 20.5 Å². The Kier molecular flexibility index (Phi) is 6.97. The minimum absolute atomic E-state index is 0.00822. The van der Waals surface area contributed by atoms with Gasteiger partial charge in [0.15, 0.2) is 0 Å². The second-order valence-electron chi connectivity index (χ2n) is 7.61. The molecule has 0 aliphatic carbocycles. The highest BCUT2D eigenvalue weighted by Crippen LogP contribution is 2.31. The van der Waals surface area contributed by atoms with Gasteiger partial charge in [0.1, 0.15) is 23.7 Å². The molecule has 3 N–H and O–H groups in total. The molecule has 1 aliphatic heterocycles. The average molecular weight is 468 g/mol. The molecule has 34 heavy (non-hydrogen) atoms. The second-order valence-corrected chi connectivity index (χ2v) is 7.61. The molecule has 178 valence electrons. The molecule has 1 fully saturated rings. The number of nitrogens with one attached hydrogen (secondary N) is 1. The smallest absolute Gasteiger partial charge is 0.332 e. The zero-order valence-corrected chi connectivity index (χ0v) is 19.0. The van der Waals surface area contributed by atoms with Crippen molar-refractivity contribution in [3.63, 3.8) is 0 Å². The minimum atomic E-state index is -1.29. The van der Waals surface area contributed by atoms with E-state index in [9.17, 15) is 24.0 Å². The molecule has 1 heterocycles. The van der Waals surface area contributed by atoms with E-state index in [4.69, 9.17) is 15.2 Å². The summed E-state index contributed by atoms with van der Waals surface area (Å²) in [5.74, 6) is -2.73. The molecule has 11 heteroatoms. The lowest BCUT2D eigenvalue weighted by molar-refractivity contribution is -0.132. The molecule has 0 bridgehead atoms. The highest BCUT2D eigenvalue weighted by Gasteiger charge is 2.44. The van der Waals surface area contributed by atoms with Crippen molar-refractivity contribution in [2.75, 3.05) is 11.9 Å². The number of benzene rings is 2. The Balaban J connectivity index is 1.95. The van der Waals surface area contributed by atoms with E-state index in [1.54, 1.807) is 37.3 Å². The van der Waals surface area contributed by atoms with Crippen LogP contribution in [-0.4, -0.2) is 53.9 Å². The summed E-state index contributed by atoms with van der Waals surface area (Å²) in [4.78, 5) is 63.7. The Morgan fingerprint density at radius 1 is 0.971 bits per heavy atom. The zero-order chi connectivity index (χ0) is 25.2. The Morgan fingerprint density at radius 3 is 2.00 bits per heavy atom. The fraction of sp³-hybridized carbons (Fsp3) is 0.261. The molecule has 2 aromatic carbocycles. The summed E-state index contributed by atoms with van der Waals surface area (Å²) in [6.45, 7) is 3.92. The minimum Gasteiger partial charge on any atom is -0.426 e. The first kappa shape index (κ1) is 24.4. The van der Waals surface area contributed by atoms with Gasteiger partial charge in [-0.25, -0.2) is 4.79 Å². The predicted octanol–water partition coefficient (Wildman–Crippen LogP) is 1.33. The third kappa shape index (κ3) is 4.89. The first-order chi connectivity index (χ1) is 16.0. The number of nitrogens with two attached hydrogens (primary N) is 1. The molecular weight excluding hydrogens is 444 g/mol. The van der Waals surface area contributed by atoms with Gasteiger partial charge in [-0.15, -0.1) is 0 Å². The van der Waals surface area contributed by atoms with Crippen LogP contribution in [0.3, 0.4) is 0 Å². The van der Waals surface area contributed by atoms with E-state index in [1.807, 2.05) is 0 Å². The van der Waals surface area contributed by atoms with Crippen LogP contribution in [0.5, 0.6) is 11.5 Å².